The first-order chi connectivity index (χ1) is 8.72. The fourth-order valence-electron chi connectivity index (χ4n) is 2.17. The van der Waals surface area contributed by atoms with E-state index in [4.69, 9.17) is 14.6 Å². The van der Waals surface area contributed by atoms with Crippen LogP contribution in [0.15, 0.2) is 24.3 Å². The van der Waals surface area contributed by atoms with Crippen molar-refractivity contribution >= 4 is 0 Å². The van der Waals surface area contributed by atoms with Crippen LogP contribution in [-0.2, 0) is 11.3 Å². The zero-order valence-corrected chi connectivity index (χ0v) is 11.0. The lowest BCUT2D eigenvalue weighted by atomic mass is 10.1. The van der Waals surface area contributed by atoms with Crippen molar-refractivity contribution in [1.29, 1.82) is 0 Å². The van der Waals surface area contributed by atoms with E-state index in [9.17, 15) is 0 Å². The summed E-state index contributed by atoms with van der Waals surface area (Å²) in [5.74, 6) is 0.877. The van der Waals surface area contributed by atoms with Gasteiger partial charge in [0.1, 0.15) is 5.75 Å². The number of methoxy groups -OCH3 is 1. The number of aliphatic hydroxyl groups excluding tert-OH is 1. The van der Waals surface area contributed by atoms with Crippen molar-refractivity contribution in [2.24, 2.45) is 0 Å². The summed E-state index contributed by atoms with van der Waals surface area (Å²) in [7, 11) is 1.67. The SMILES string of the molecule is COc1ccc(CN2CC(CO)OCC2C)cc1. The predicted octanol–water partition coefficient (Wildman–Crippen LogP) is 1.28. The second-order valence-corrected chi connectivity index (χ2v) is 4.76. The lowest BCUT2D eigenvalue weighted by Gasteiger charge is -2.37. The zero-order valence-electron chi connectivity index (χ0n) is 11.0. The van der Waals surface area contributed by atoms with Crippen molar-refractivity contribution in [3.05, 3.63) is 29.8 Å². The Morgan fingerprint density at radius 2 is 2.11 bits per heavy atom. The summed E-state index contributed by atoms with van der Waals surface area (Å²) in [6, 6.07) is 8.49. The largest absolute Gasteiger partial charge is 0.497 e. The topological polar surface area (TPSA) is 41.9 Å². The quantitative estimate of drug-likeness (QED) is 0.875. The first-order valence-electron chi connectivity index (χ1n) is 6.32. The summed E-state index contributed by atoms with van der Waals surface area (Å²) in [6.45, 7) is 4.58. The fraction of sp³-hybridized carbons (Fsp3) is 0.571. The third kappa shape index (κ3) is 3.22. The molecule has 1 fully saturated rings. The highest BCUT2D eigenvalue weighted by Crippen LogP contribution is 2.17. The van der Waals surface area contributed by atoms with E-state index in [0.717, 1.165) is 18.8 Å². The molecule has 0 saturated carbocycles. The Hall–Kier alpha value is -1.10. The summed E-state index contributed by atoms with van der Waals surface area (Å²) >= 11 is 0. The van der Waals surface area contributed by atoms with E-state index in [1.54, 1.807) is 7.11 Å². The van der Waals surface area contributed by atoms with Crippen molar-refractivity contribution in [3.63, 3.8) is 0 Å². The minimum absolute atomic E-state index is 0.0561. The van der Waals surface area contributed by atoms with Gasteiger partial charge in [-0.1, -0.05) is 12.1 Å². The molecule has 1 N–H and O–H groups in total. The Kier molecular flexibility index (Phi) is 4.58. The molecule has 1 saturated heterocycles. The van der Waals surface area contributed by atoms with Gasteiger partial charge in [-0.2, -0.15) is 0 Å². The molecular formula is C14H21NO3. The van der Waals surface area contributed by atoms with Gasteiger partial charge < -0.3 is 14.6 Å². The molecule has 0 spiro atoms. The normalized spacial score (nSPS) is 25.1. The summed E-state index contributed by atoms with van der Waals surface area (Å²) in [5.41, 5.74) is 1.25. The maximum atomic E-state index is 9.16. The molecule has 0 aromatic heterocycles. The molecule has 0 bridgehead atoms. The van der Waals surface area contributed by atoms with Crippen LogP contribution in [0.3, 0.4) is 0 Å². The van der Waals surface area contributed by atoms with E-state index in [0.29, 0.717) is 12.6 Å². The molecule has 0 aliphatic carbocycles. The van der Waals surface area contributed by atoms with Crippen molar-refractivity contribution in [3.8, 4) is 5.75 Å². The Morgan fingerprint density at radius 3 is 2.72 bits per heavy atom. The average molecular weight is 251 g/mol. The minimum Gasteiger partial charge on any atom is -0.497 e. The van der Waals surface area contributed by atoms with Crippen LogP contribution in [0.4, 0.5) is 0 Å². The van der Waals surface area contributed by atoms with Gasteiger partial charge in [0.25, 0.3) is 0 Å². The van der Waals surface area contributed by atoms with Crippen molar-refractivity contribution in [2.75, 3.05) is 26.9 Å². The van der Waals surface area contributed by atoms with Gasteiger partial charge in [-0.15, -0.1) is 0 Å². The highest BCUT2D eigenvalue weighted by molar-refractivity contribution is 5.27. The van der Waals surface area contributed by atoms with Gasteiger partial charge in [0.05, 0.1) is 26.4 Å². The summed E-state index contributed by atoms with van der Waals surface area (Å²) < 4.78 is 10.7. The number of hydrogen-bond donors (Lipinski definition) is 1. The Morgan fingerprint density at radius 1 is 1.39 bits per heavy atom. The van der Waals surface area contributed by atoms with Crippen molar-refractivity contribution in [2.45, 2.75) is 25.6 Å². The van der Waals surface area contributed by atoms with Crippen LogP contribution in [0, 0.1) is 0 Å². The van der Waals surface area contributed by atoms with Gasteiger partial charge in [-0.25, -0.2) is 0 Å². The number of benzene rings is 1. The van der Waals surface area contributed by atoms with Crippen LogP contribution in [0.2, 0.25) is 0 Å². The number of morpholine rings is 1. The standard InChI is InChI=1S/C14H21NO3/c1-11-10-18-14(9-16)8-15(11)7-12-3-5-13(17-2)6-4-12/h3-6,11,14,16H,7-10H2,1-2H3. The molecule has 100 valence electrons. The van der Waals surface area contributed by atoms with E-state index in [1.807, 2.05) is 12.1 Å². The van der Waals surface area contributed by atoms with Crippen LogP contribution in [0.5, 0.6) is 5.75 Å². The molecule has 1 aliphatic heterocycles. The van der Waals surface area contributed by atoms with Crippen LogP contribution in [-0.4, -0.2) is 49.0 Å². The number of hydrogen-bond acceptors (Lipinski definition) is 4. The van der Waals surface area contributed by atoms with Gasteiger partial charge in [-0.05, 0) is 24.6 Å². The predicted molar refractivity (Wildman–Crippen MR) is 69.7 cm³/mol. The lowest BCUT2D eigenvalue weighted by Crippen LogP contribution is -2.48. The summed E-state index contributed by atoms with van der Waals surface area (Å²) in [4.78, 5) is 2.34. The highest BCUT2D eigenvalue weighted by Gasteiger charge is 2.25. The van der Waals surface area contributed by atoms with E-state index in [2.05, 4.69) is 24.0 Å². The molecule has 2 atom stereocenters. The van der Waals surface area contributed by atoms with E-state index in [1.165, 1.54) is 5.56 Å². The van der Waals surface area contributed by atoms with Gasteiger partial charge in [0.2, 0.25) is 0 Å². The molecule has 1 aliphatic rings. The number of aliphatic hydroxyl groups is 1. The number of ether oxygens (including phenoxy) is 2. The third-order valence-electron chi connectivity index (χ3n) is 3.38. The summed E-state index contributed by atoms with van der Waals surface area (Å²) in [5, 5.41) is 9.16. The molecule has 1 aromatic rings. The van der Waals surface area contributed by atoms with Crippen molar-refractivity contribution < 1.29 is 14.6 Å². The van der Waals surface area contributed by atoms with Gasteiger partial charge in [0, 0.05) is 19.1 Å². The van der Waals surface area contributed by atoms with Gasteiger partial charge in [0.15, 0.2) is 0 Å². The second kappa shape index (κ2) is 6.18. The molecule has 0 radical (unpaired) electrons. The first kappa shape index (κ1) is 13.3. The maximum Gasteiger partial charge on any atom is 0.118 e. The Labute approximate surface area is 108 Å². The van der Waals surface area contributed by atoms with Crippen LogP contribution >= 0.6 is 0 Å². The molecule has 2 rings (SSSR count). The molecule has 4 nitrogen and oxygen atoms in total. The maximum absolute atomic E-state index is 9.16. The fourth-order valence-corrected chi connectivity index (χ4v) is 2.17. The van der Waals surface area contributed by atoms with E-state index in [-0.39, 0.29) is 12.7 Å². The van der Waals surface area contributed by atoms with E-state index >= 15 is 0 Å². The van der Waals surface area contributed by atoms with Gasteiger partial charge in [-0.3, -0.25) is 4.90 Å². The average Bonchev–Trinajstić information content (AvgIpc) is 2.42. The van der Waals surface area contributed by atoms with E-state index < -0.39 is 0 Å². The Bertz CT molecular complexity index is 366. The summed E-state index contributed by atoms with van der Waals surface area (Å²) in [6.07, 6.45) is -0.0561. The Balaban J connectivity index is 1.97. The lowest BCUT2D eigenvalue weighted by molar-refractivity contribution is -0.0805. The smallest absolute Gasteiger partial charge is 0.118 e. The minimum atomic E-state index is -0.0561. The van der Waals surface area contributed by atoms with Crippen molar-refractivity contribution in [1.82, 2.24) is 4.90 Å². The highest BCUT2D eigenvalue weighted by atomic mass is 16.5. The molecule has 4 heteroatoms. The first-order valence-corrected chi connectivity index (χ1v) is 6.32. The molecule has 0 amide bonds. The molecular weight excluding hydrogens is 230 g/mol. The molecule has 18 heavy (non-hydrogen) atoms. The number of rotatable bonds is 4. The van der Waals surface area contributed by atoms with Crippen LogP contribution < -0.4 is 4.74 Å². The van der Waals surface area contributed by atoms with Crippen LogP contribution in [0.1, 0.15) is 12.5 Å². The second-order valence-electron chi connectivity index (χ2n) is 4.76. The molecule has 1 heterocycles. The third-order valence-corrected chi connectivity index (χ3v) is 3.38. The number of nitrogens with zero attached hydrogens (tertiary/aromatic N) is 1. The zero-order chi connectivity index (χ0) is 13.0. The monoisotopic (exact) mass is 251 g/mol. The molecule has 1 aromatic carbocycles. The van der Waals surface area contributed by atoms with Crippen LogP contribution in [0.25, 0.3) is 0 Å². The van der Waals surface area contributed by atoms with Gasteiger partial charge >= 0.3 is 0 Å². The molecule has 2 unspecified atom stereocenters.